The molecule has 0 spiro atoms. The third-order valence-electron chi connectivity index (χ3n) is 4.42. The Morgan fingerprint density at radius 2 is 2.00 bits per heavy atom. The van der Waals surface area contributed by atoms with Crippen molar-refractivity contribution >= 4 is 18.0 Å². The van der Waals surface area contributed by atoms with Gasteiger partial charge in [0, 0.05) is 6.54 Å². The molecule has 1 fully saturated rings. The van der Waals surface area contributed by atoms with Gasteiger partial charge in [-0.2, -0.15) is 0 Å². The Morgan fingerprint density at radius 3 is 2.55 bits per heavy atom. The molecule has 0 radical (unpaired) electrons. The van der Waals surface area contributed by atoms with Crippen molar-refractivity contribution in [2.75, 3.05) is 13.7 Å². The van der Waals surface area contributed by atoms with Gasteiger partial charge in [-0.05, 0) is 47.5 Å². The van der Waals surface area contributed by atoms with E-state index >= 15 is 0 Å². The summed E-state index contributed by atoms with van der Waals surface area (Å²) < 4.78 is 15.7. The number of aliphatic hydroxyl groups excluding tert-OH is 1. The first kappa shape index (κ1) is 22.7. The number of nitrogens with zero attached hydrogens (tertiary/aromatic N) is 2. The molecule has 2 heterocycles. The topological polar surface area (TPSA) is 131 Å². The molecule has 0 aromatic carbocycles. The smallest absolute Gasteiger partial charge is 0.410 e. The minimum Gasteiger partial charge on any atom is -0.467 e. The Hall–Kier alpha value is -2.62. The average Bonchev–Trinajstić information content (AvgIpc) is 3.23. The van der Waals surface area contributed by atoms with E-state index in [-0.39, 0.29) is 17.3 Å². The second kappa shape index (κ2) is 8.81. The van der Waals surface area contributed by atoms with Crippen LogP contribution in [0.4, 0.5) is 4.79 Å². The number of oxazole rings is 1. The molecule has 2 rings (SSSR count). The van der Waals surface area contributed by atoms with E-state index in [0.29, 0.717) is 13.0 Å². The SMILES string of the molecule is COC(=O)[C@@H](NC(=O)c1nc([C@@H]2CCCN2C(=O)OC(C)(C)C)oc1C)[C@@H](C)O. The number of hydrogen-bond acceptors (Lipinski definition) is 8. The van der Waals surface area contributed by atoms with Crippen LogP contribution in [-0.4, -0.2) is 64.4 Å². The molecule has 1 aliphatic rings. The summed E-state index contributed by atoms with van der Waals surface area (Å²) in [5, 5.41) is 12.1. The number of esters is 1. The average molecular weight is 411 g/mol. The van der Waals surface area contributed by atoms with Gasteiger partial charge in [0.2, 0.25) is 5.89 Å². The summed E-state index contributed by atoms with van der Waals surface area (Å²) in [5.74, 6) is -0.998. The van der Waals surface area contributed by atoms with Crippen molar-refractivity contribution in [2.24, 2.45) is 0 Å². The predicted molar refractivity (Wildman–Crippen MR) is 101 cm³/mol. The highest BCUT2D eigenvalue weighted by Gasteiger charge is 2.37. The van der Waals surface area contributed by atoms with Crippen LogP contribution in [0.2, 0.25) is 0 Å². The summed E-state index contributed by atoms with van der Waals surface area (Å²) >= 11 is 0. The highest BCUT2D eigenvalue weighted by atomic mass is 16.6. The van der Waals surface area contributed by atoms with Gasteiger partial charge in [0.1, 0.15) is 17.4 Å². The molecular formula is C19H29N3O7. The van der Waals surface area contributed by atoms with Crippen molar-refractivity contribution in [3.05, 3.63) is 17.3 Å². The van der Waals surface area contributed by atoms with Gasteiger partial charge in [-0.3, -0.25) is 9.69 Å². The van der Waals surface area contributed by atoms with Gasteiger partial charge in [-0.25, -0.2) is 14.6 Å². The van der Waals surface area contributed by atoms with Crippen molar-refractivity contribution in [3.8, 4) is 0 Å². The van der Waals surface area contributed by atoms with E-state index in [1.165, 1.54) is 11.8 Å². The molecule has 10 heteroatoms. The zero-order chi connectivity index (χ0) is 21.9. The summed E-state index contributed by atoms with van der Waals surface area (Å²) in [6.45, 7) is 8.78. The molecular weight excluding hydrogens is 382 g/mol. The molecule has 1 aliphatic heterocycles. The Kier molecular flexibility index (Phi) is 6.89. The first-order valence-electron chi connectivity index (χ1n) is 9.48. The third kappa shape index (κ3) is 5.47. The van der Waals surface area contributed by atoms with Gasteiger partial charge in [0.25, 0.3) is 5.91 Å². The van der Waals surface area contributed by atoms with Crippen LogP contribution in [0.25, 0.3) is 0 Å². The molecule has 162 valence electrons. The lowest BCUT2D eigenvalue weighted by atomic mass is 10.1. The van der Waals surface area contributed by atoms with Gasteiger partial charge >= 0.3 is 12.1 Å². The summed E-state index contributed by atoms with van der Waals surface area (Å²) in [5.41, 5.74) is -0.656. The lowest BCUT2D eigenvalue weighted by Crippen LogP contribution is -2.48. The Balaban J connectivity index is 2.19. The maximum atomic E-state index is 12.6. The third-order valence-corrected chi connectivity index (χ3v) is 4.42. The van der Waals surface area contributed by atoms with Crippen LogP contribution in [0, 0.1) is 6.92 Å². The van der Waals surface area contributed by atoms with Crippen LogP contribution in [0.15, 0.2) is 4.42 Å². The molecule has 1 aromatic rings. The molecule has 0 bridgehead atoms. The van der Waals surface area contributed by atoms with Crippen molar-refractivity contribution in [3.63, 3.8) is 0 Å². The number of methoxy groups -OCH3 is 1. The second-order valence-electron chi connectivity index (χ2n) is 8.00. The summed E-state index contributed by atoms with van der Waals surface area (Å²) in [4.78, 5) is 42.6. The van der Waals surface area contributed by atoms with Gasteiger partial charge in [0.15, 0.2) is 11.7 Å². The number of aromatic nitrogens is 1. The van der Waals surface area contributed by atoms with E-state index in [2.05, 4.69) is 15.0 Å². The van der Waals surface area contributed by atoms with E-state index < -0.39 is 41.8 Å². The van der Waals surface area contributed by atoms with E-state index in [0.717, 1.165) is 13.5 Å². The van der Waals surface area contributed by atoms with E-state index in [1.54, 1.807) is 27.7 Å². The molecule has 0 aliphatic carbocycles. The standard InChI is InChI=1S/C19H29N3O7/c1-10(23)13(17(25)27-6)20-15(24)14-11(2)28-16(21-14)12-8-7-9-22(12)18(26)29-19(3,4)5/h10,12-13,23H,7-9H2,1-6H3,(H,20,24)/t10-,12+,13+/m1/s1. The van der Waals surface area contributed by atoms with Crippen LogP contribution in [0.5, 0.6) is 0 Å². The predicted octanol–water partition coefficient (Wildman–Crippen LogP) is 1.71. The highest BCUT2D eigenvalue weighted by molar-refractivity contribution is 5.96. The molecule has 0 unspecified atom stereocenters. The van der Waals surface area contributed by atoms with Crippen LogP contribution in [0.1, 0.15) is 68.7 Å². The van der Waals surface area contributed by atoms with Gasteiger partial charge in [-0.1, -0.05) is 0 Å². The van der Waals surface area contributed by atoms with Crippen molar-refractivity contribution in [1.82, 2.24) is 15.2 Å². The van der Waals surface area contributed by atoms with E-state index in [4.69, 9.17) is 9.15 Å². The first-order chi connectivity index (χ1) is 13.4. The number of rotatable bonds is 5. The fraction of sp³-hybridized carbons (Fsp3) is 0.684. The minimum atomic E-state index is -1.24. The minimum absolute atomic E-state index is 0.0226. The highest BCUT2D eigenvalue weighted by Crippen LogP contribution is 2.33. The maximum Gasteiger partial charge on any atom is 0.410 e. The molecule has 1 saturated heterocycles. The maximum absolute atomic E-state index is 12.6. The van der Waals surface area contributed by atoms with Crippen molar-refractivity contribution in [1.29, 1.82) is 0 Å². The van der Waals surface area contributed by atoms with Crippen molar-refractivity contribution in [2.45, 2.75) is 71.2 Å². The number of carbonyl (C=O) groups excluding carboxylic acids is 3. The lowest BCUT2D eigenvalue weighted by molar-refractivity contribution is -0.145. The largest absolute Gasteiger partial charge is 0.467 e. The number of aliphatic hydroxyl groups is 1. The zero-order valence-electron chi connectivity index (χ0n) is 17.6. The van der Waals surface area contributed by atoms with Gasteiger partial charge < -0.3 is 24.3 Å². The number of amides is 2. The quantitative estimate of drug-likeness (QED) is 0.700. The Bertz CT molecular complexity index is 766. The number of ether oxygens (including phenoxy) is 2. The Labute approximate surface area is 169 Å². The molecule has 1 aromatic heterocycles. The number of aryl methyl sites for hydroxylation is 1. The summed E-state index contributed by atoms with van der Waals surface area (Å²) in [6, 6.07) is -1.69. The normalized spacial score (nSPS) is 18.9. The van der Waals surface area contributed by atoms with Gasteiger partial charge in [-0.15, -0.1) is 0 Å². The van der Waals surface area contributed by atoms with Crippen LogP contribution >= 0.6 is 0 Å². The molecule has 2 amide bonds. The number of nitrogens with one attached hydrogen (secondary N) is 1. The number of hydrogen-bond donors (Lipinski definition) is 2. The number of likely N-dealkylation sites (tertiary alicyclic amines) is 1. The van der Waals surface area contributed by atoms with Crippen molar-refractivity contribution < 1.29 is 33.4 Å². The molecule has 3 atom stereocenters. The zero-order valence-corrected chi connectivity index (χ0v) is 17.6. The van der Waals surface area contributed by atoms with Crippen LogP contribution in [0.3, 0.4) is 0 Å². The second-order valence-corrected chi connectivity index (χ2v) is 8.00. The van der Waals surface area contributed by atoms with Crippen LogP contribution in [-0.2, 0) is 14.3 Å². The fourth-order valence-electron chi connectivity index (χ4n) is 3.05. The van der Waals surface area contributed by atoms with Crippen LogP contribution < -0.4 is 5.32 Å². The molecule has 10 nitrogen and oxygen atoms in total. The fourth-order valence-corrected chi connectivity index (χ4v) is 3.05. The van der Waals surface area contributed by atoms with Gasteiger partial charge in [0.05, 0.1) is 13.2 Å². The van der Waals surface area contributed by atoms with E-state index in [1.807, 2.05) is 0 Å². The monoisotopic (exact) mass is 411 g/mol. The first-order valence-corrected chi connectivity index (χ1v) is 9.48. The molecule has 0 saturated carbocycles. The number of carbonyl (C=O) groups is 3. The molecule has 2 N–H and O–H groups in total. The Morgan fingerprint density at radius 1 is 1.34 bits per heavy atom. The summed E-state index contributed by atoms with van der Waals surface area (Å²) in [6.07, 6.45) is -0.254. The summed E-state index contributed by atoms with van der Waals surface area (Å²) in [7, 11) is 1.16. The van der Waals surface area contributed by atoms with E-state index in [9.17, 15) is 19.5 Å². The lowest BCUT2D eigenvalue weighted by Gasteiger charge is -2.27. The molecule has 29 heavy (non-hydrogen) atoms.